The van der Waals surface area contributed by atoms with Crippen molar-refractivity contribution in [2.24, 2.45) is 5.92 Å². The van der Waals surface area contributed by atoms with Gasteiger partial charge in [-0.25, -0.2) is 9.48 Å². The van der Waals surface area contributed by atoms with Crippen LogP contribution in [0.25, 0.3) is 0 Å². The van der Waals surface area contributed by atoms with Crippen molar-refractivity contribution in [3.05, 3.63) is 114 Å². The average molecular weight is 510 g/mol. The normalized spacial score (nSPS) is 14.9. The van der Waals surface area contributed by atoms with Crippen molar-refractivity contribution in [3.63, 3.8) is 0 Å². The third-order valence-corrected chi connectivity index (χ3v) is 7.16. The number of tetrazole rings is 1. The van der Waals surface area contributed by atoms with Gasteiger partial charge < -0.3 is 9.64 Å². The molecule has 0 saturated carbocycles. The van der Waals surface area contributed by atoms with E-state index in [2.05, 4.69) is 88.3 Å². The highest BCUT2D eigenvalue weighted by atomic mass is 16.6. The molecule has 1 saturated heterocycles. The van der Waals surface area contributed by atoms with Crippen molar-refractivity contribution in [3.8, 4) is 0 Å². The Balaban J connectivity index is 1.50. The molecule has 4 aromatic rings. The first-order valence-electron chi connectivity index (χ1n) is 13.3. The summed E-state index contributed by atoms with van der Waals surface area (Å²) >= 11 is 0. The summed E-state index contributed by atoms with van der Waals surface area (Å²) in [5, 5.41) is 13.4. The fraction of sp³-hybridized carbons (Fsp3) is 0.355. The van der Waals surface area contributed by atoms with Crippen LogP contribution in [0, 0.1) is 5.92 Å². The quantitative estimate of drug-likeness (QED) is 0.312. The zero-order valence-electron chi connectivity index (χ0n) is 22.3. The van der Waals surface area contributed by atoms with E-state index in [0.717, 1.165) is 41.8 Å². The number of aromatic nitrogens is 4. The number of benzene rings is 3. The van der Waals surface area contributed by atoms with Gasteiger partial charge in [0.2, 0.25) is 0 Å². The first-order valence-corrected chi connectivity index (χ1v) is 13.3. The standard InChI is InChI=1S/C31H35N5O2/c1-30(2,3)38-29(37)35-21-19-24(20-22-35)23-28-32-33-34-36(28)31(25-13-7-4-8-14-25,26-15-9-5-10-16-26)27-17-11-6-12-18-27/h4-18,24H,19-23H2,1-3H3. The number of ether oxygens (including phenoxy) is 1. The van der Waals surface area contributed by atoms with Crippen molar-refractivity contribution >= 4 is 6.09 Å². The Hall–Kier alpha value is -4.00. The van der Waals surface area contributed by atoms with Gasteiger partial charge in [-0.3, -0.25) is 0 Å². The SMILES string of the molecule is CC(C)(C)OC(=O)N1CCC(Cc2nnnn2C(c2ccccc2)(c2ccccc2)c2ccccc2)CC1. The zero-order chi connectivity index (χ0) is 26.6. The minimum absolute atomic E-state index is 0.239. The minimum Gasteiger partial charge on any atom is -0.444 e. The molecule has 196 valence electrons. The van der Waals surface area contributed by atoms with Crippen molar-refractivity contribution in [2.45, 2.75) is 51.2 Å². The van der Waals surface area contributed by atoms with Crippen LogP contribution in [0.5, 0.6) is 0 Å². The second kappa shape index (κ2) is 10.8. The number of carbonyl (C=O) groups is 1. The van der Waals surface area contributed by atoms with Gasteiger partial charge in [0, 0.05) is 19.5 Å². The molecule has 0 bridgehead atoms. The van der Waals surface area contributed by atoms with E-state index in [1.54, 1.807) is 0 Å². The first kappa shape index (κ1) is 25.6. The van der Waals surface area contributed by atoms with E-state index in [1.807, 2.05) is 48.6 Å². The highest BCUT2D eigenvalue weighted by Crippen LogP contribution is 2.41. The molecule has 0 spiro atoms. The van der Waals surface area contributed by atoms with Gasteiger partial charge in [-0.05, 0) is 66.6 Å². The molecule has 1 aliphatic rings. The molecular weight excluding hydrogens is 474 g/mol. The van der Waals surface area contributed by atoms with Crippen LogP contribution in [-0.2, 0) is 16.7 Å². The van der Waals surface area contributed by atoms with Gasteiger partial charge in [0.25, 0.3) is 0 Å². The predicted octanol–water partition coefficient (Wildman–Crippen LogP) is 5.70. The van der Waals surface area contributed by atoms with Crippen LogP contribution in [0.1, 0.15) is 56.1 Å². The summed E-state index contributed by atoms with van der Waals surface area (Å²) in [6.07, 6.45) is 2.24. The Morgan fingerprint density at radius 3 is 1.74 bits per heavy atom. The van der Waals surface area contributed by atoms with Crippen molar-refractivity contribution in [1.82, 2.24) is 25.1 Å². The molecule has 38 heavy (non-hydrogen) atoms. The Kier molecular flexibility index (Phi) is 7.27. The second-order valence-electron chi connectivity index (χ2n) is 10.9. The lowest BCUT2D eigenvalue weighted by Gasteiger charge is -2.37. The monoisotopic (exact) mass is 509 g/mol. The molecule has 0 radical (unpaired) electrons. The molecule has 7 nitrogen and oxygen atoms in total. The molecule has 0 aliphatic carbocycles. The Morgan fingerprint density at radius 1 is 0.816 bits per heavy atom. The van der Waals surface area contributed by atoms with E-state index >= 15 is 0 Å². The second-order valence-corrected chi connectivity index (χ2v) is 10.9. The maximum absolute atomic E-state index is 12.6. The van der Waals surface area contributed by atoms with Gasteiger partial charge in [-0.2, -0.15) is 0 Å². The van der Waals surface area contributed by atoms with Crippen LogP contribution < -0.4 is 0 Å². The topological polar surface area (TPSA) is 73.1 Å². The van der Waals surface area contributed by atoms with Crippen molar-refractivity contribution < 1.29 is 9.53 Å². The Labute approximate surface area is 224 Å². The lowest BCUT2D eigenvalue weighted by atomic mass is 9.77. The number of rotatable bonds is 6. The summed E-state index contributed by atoms with van der Waals surface area (Å²) in [5.41, 5.74) is 2.04. The number of hydrogen-bond acceptors (Lipinski definition) is 5. The largest absolute Gasteiger partial charge is 0.444 e. The third kappa shape index (κ3) is 5.19. The molecule has 1 fully saturated rings. The summed E-state index contributed by atoms with van der Waals surface area (Å²) < 4.78 is 7.59. The van der Waals surface area contributed by atoms with Gasteiger partial charge in [-0.15, -0.1) is 5.10 Å². The lowest BCUT2D eigenvalue weighted by molar-refractivity contribution is 0.0183. The molecule has 0 N–H and O–H groups in total. The molecular formula is C31H35N5O2. The Morgan fingerprint density at radius 2 is 1.29 bits per heavy atom. The van der Waals surface area contributed by atoms with E-state index in [1.165, 1.54) is 0 Å². The van der Waals surface area contributed by atoms with E-state index in [4.69, 9.17) is 4.74 Å². The molecule has 1 aromatic heterocycles. The molecule has 1 aliphatic heterocycles. The van der Waals surface area contributed by atoms with Gasteiger partial charge in [0.1, 0.15) is 11.1 Å². The van der Waals surface area contributed by atoms with E-state index in [0.29, 0.717) is 19.0 Å². The molecule has 2 heterocycles. The average Bonchev–Trinajstić information content (AvgIpc) is 3.39. The van der Waals surface area contributed by atoms with Crippen LogP contribution in [0.2, 0.25) is 0 Å². The van der Waals surface area contributed by atoms with Gasteiger partial charge in [0.05, 0.1) is 0 Å². The lowest BCUT2D eigenvalue weighted by Crippen LogP contribution is -2.43. The smallest absolute Gasteiger partial charge is 0.410 e. The Bertz CT molecular complexity index is 1230. The van der Waals surface area contributed by atoms with Crippen LogP contribution in [0.3, 0.4) is 0 Å². The van der Waals surface area contributed by atoms with E-state index < -0.39 is 11.1 Å². The highest BCUT2D eigenvalue weighted by molar-refractivity contribution is 5.68. The summed E-state index contributed by atoms with van der Waals surface area (Å²) in [7, 11) is 0. The first-order chi connectivity index (χ1) is 18.4. The number of nitrogens with zero attached hydrogens (tertiary/aromatic N) is 5. The number of likely N-dealkylation sites (tertiary alicyclic amines) is 1. The van der Waals surface area contributed by atoms with Crippen LogP contribution >= 0.6 is 0 Å². The van der Waals surface area contributed by atoms with Gasteiger partial charge >= 0.3 is 6.09 Å². The molecule has 0 atom stereocenters. The summed E-state index contributed by atoms with van der Waals surface area (Å²) in [6.45, 7) is 7.03. The third-order valence-electron chi connectivity index (χ3n) is 7.16. The maximum atomic E-state index is 12.6. The summed E-state index contributed by atoms with van der Waals surface area (Å²) in [5.74, 6) is 1.19. The highest BCUT2D eigenvalue weighted by Gasteiger charge is 2.42. The van der Waals surface area contributed by atoms with Crippen LogP contribution in [0.4, 0.5) is 4.79 Å². The molecule has 3 aromatic carbocycles. The van der Waals surface area contributed by atoms with Gasteiger partial charge in [-0.1, -0.05) is 91.0 Å². The summed E-state index contributed by atoms with van der Waals surface area (Å²) in [6, 6.07) is 31.3. The van der Waals surface area contributed by atoms with Gasteiger partial charge in [0.15, 0.2) is 5.82 Å². The molecule has 5 rings (SSSR count). The fourth-order valence-corrected chi connectivity index (χ4v) is 5.40. The predicted molar refractivity (Wildman–Crippen MR) is 147 cm³/mol. The van der Waals surface area contributed by atoms with Crippen molar-refractivity contribution in [2.75, 3.05) is 13.1 Å². The number of piperidine rings is 1. The van der Waals surface area contributed by atoms with E-state index in [9.17, 15) is 4.79 Å². The fourth-order valence-electron chi connectivity index (χ4n) is 5.40. The molecule has 0 unspecified atom stereocenters. The minimum atomic E-state index is -0.736. The van der Waals surface area contributed by atoms with Crippen LogP contribution in [0.15, 0.2) is 91.0 Å². The molecule has 7 heteroatoms. The number of carbonyl (C=O) groups excluding carboxylic acids is 1. The molecule has 1 amide bonds. The number of amides is 1. The zero-order valence-corrected chi connectivity index (χ0v) is 22.3. The number of hydrogen-bond donors (Lipinski definition) is 0. The van der Waals surface area contributed by atoms with Crippen molar-refractivity contribution in [1.29, 1.82) is 0 Å². The van der Waals surface area contributed by atoms with Crippen LogP contribution in [-0.4, -0.2) is 49.9 Å². The summed E-state index contributed by atoms with van der Waals surface area (Å²) in [4.78, 5) is 14.4. The van der Waals surface area contributed by atoms with E-state index in [-0.39, 0.29) is 6.09 Å². The maximum Gasteiger partial charge on any atom is 0.410 e.